The number of hydrogen-bond donors (Lipinski definition) is 2. The van der Waals surface area contributed by atoms with Crippen molar-refractivity contribution in [2.45, 2.75) is 24.6 Å². The topological polar surface area (TPSA) is 50.1 Å². The molecule has 0 aliphatic carbocycles. The maximum Gasteiger partial charge on any atom is 0.435 e. The maximum absolute atomic E-state index is 12.7. The highest BCUT2D eigenvalue weighted by molar-refractivity contribution is 5.22. The zero-order valence-electron chi connectivity index (χ0n) is 9.38. The van der Waals surface area contributed by atoms with Crippen molar-refractivity contribution in [2.75, 3.05) is 13.1 Å². The van der Waals surface area contributed by atoms with E-state index in [1.807, 2.05) is 0 Å². The molecule has 1 aliphatic rings. The molecule has 96 valence electrons. The van der Waals surface area contributed by atoms with E-state index in [0.717, 1.165) is 4.68 Å². The Hall–Kier alpha value is -1.08. The van der Waals surface area contributed by atoms with Crippen molar-refractivity contribution >= 4 is 0 Å². The van der Waals surface area contributed by atoms with Gasteiger partial charge < -0.3 is 10.4 Å². The molecule has 0 aromatic carbocycles. The highest BCUT2D eigenvalue weighted by Crippen LogP contribution is 2.33. The summed E-state index contributed by atoms with van der Waals surface area (Å²) in [6, 6.07) is 0. The lowest BCUT2D eigenvalue weighted by Gasteiger charge is -2.21. The van der Waals surface area contributed by atoms with Gasteiger partial charge in [-0.3, -0.25) is 4.68 Å². The summed E-state index contributed by atoms with van der Waals surface area (Å²) in [6.45, 7) is 0.942. The Bertz CT molecular complexity index is 407. The fourth-order valence-corrected chi connectivity index (χ4v) is 2.14. The molecule has 0 amide bonds. The van der Waals surface area contributed by atoms with E-state index in [1.165, 1.54) is 13.2 Å². The second-order valence-electron chi connectivity index (χ2n) is 4.50. The van der Waals surface area contributed by atoms with E-state index >= 15 is 0 Å². The number of aryl methyl sites for hydroxylation is 1. The maximum atomic E-state index is 12.7. The Kier molecular flexibility index (Phi) is 2.90. The lowest BCUT2D eigenvalue weighted by atomic mass is 9.94. The van der Waals surface area contributed by atoms with Gasteiger partial charge in [0.2, 0.25) is 0 Å². The first-order valence-electron chi connectivity index (χ1n) is 5.33. The van der Waals surface area contributed by atoms with Crippen LogP contribution in [-0.2, 0) is 19.6 Å². The third kappa shape index (κ3) is 2.61. The molecule has 1 saturated heterocycles. The smallest absolute Gasteiger partial charge is 0.388 e. The zero-order valence-corrected chi connectivity index (χ0v) is 9.38. The molecule has 1 aromatic rings. The monoisotopic (exact) mass is 249 g/mol. The Balaban J connectivity index is 2.26. The number of β-amino-alcohol motifs (C(OH)–C–C–N with tert-alkyl or cyclic N) is 1. The van der Waals surface area contributed by atoms with Crippen LogP contribution in [0.1, 0.15) is 17.7 Å². The van der Waals surface area contributed by atoms with Crippen LogP contribution in [0.3, 0.4) is 0 Å². The number of nitrogens with one attached hydrogen (secondary N) is 1. The Morgan fingerprint density at radius 1 is 1.59 bits per heavy atom. The second kappa shape index (κ2) is 3.99. The molecule has 17 heavy (non-hydrogen) atoms. The molecule has 0 saturated carbocycles. The molecule has 1 fully saturated rings. The van der Waals surface area contributed by atoms with Gasteiger partial charge in [0.15, 0.2) is 5.69 Å². The van der Waals surface area contributed by atoms with E-state index in [-0.39, 0.29) is 12.0 Å². The Morgan fingerprint density at radius 3 is 2.82 bits per heavy atom. The lowest BCUT2D eigenvalue weighted by Crippen LogP contribution is -2.34. The molecule has 1 aliphatic heterocycles. The van der Waals surface area contributed by atoms with E-state index in [1.54, 1.807) is 0 Å². The lowest BCUT2D eigenvalue weighted by molar-refractivity contribution is -0.142. The Morgan fingerprint density at radius 2 is 2.29 bits per heavy atom. The SMILES string of the molecule is Cn1cc(CC2(O)CCNC2)c(C(F)(F)F)n1. The zero-order chi connectivity index (χ0) is 12.7. The van der Waals surface area contributed by atoms with Crippen LogP contribution in [0, 0.1) is 0 Å². The quantitative estimate of drug-likeness (QED) is 0.811. The van der Waals surface area contributed by atoms with Crippen LogP contribution in [-0.4, -0.2) is 33.6 Å². The van der Waals surface area contributed by atoms with Gasteiger partial charge in [-0.2, -0.15) is 18.3 Å². The summed E-state index contributed by atoms with van der Waals surface area (Å²) in [6.07, 6.45) is -2.72. The van der Waals surface area contributed by atoms with Crippen molar-refractivity contribution in [3.05, 3.63) is 17.5 Å². The van der Waals surface area contributed by atoms with Crippen molar-refractivity contribution in [3.8, 4) is 0 Å². The predicted octanol–water partition coefficient (Wildman–Crippen LogP) is 0.706. The number of aliphatic hydroxyl groups is 1. The minimum Gasteiger partial charge on any atom is -0.388 e. The van der Waals surface area contributed by atoms with Gasteiger partial charge in [0.25, 0.3) is 0 Å². The molecule has 1 atom stereocenters. The third-order valence-corrected chi connectivity index (χ3v) is 2.91. The highest BCUT2D eigenvalue weighted by atomic mass is 19.4. The van der Waals surface area contributed by atoms with Gasteiger partial charge in [0, 0.05) is 31.8 Å². The standard InChI is InChI=1S/C10H14F3N3O/c1-16-5-7(8(15-16)10(11,12)13)4-9(17)2-3-14-6-9/h5,14,17H,2-4,6H2,1H3. The molecular weight excluding hydrogens is 235 g/mol. The van der Waals surface area contributed by atoms with Crippen LogP contribution < -0.4 is 5.32 Å². The molecule has 1 unspecified atom stereocenters. The molecule has 1 aromatic heterocycles. The average Bonchev–Trinajstić information content (AvgIpc) is 2.72. The molecule has 4 nitrogen and oxygen atoms in total. The van der Waals surface area contributed by atoms with Crippen LogP contribution >= 0.6 is 0 Å². The molecule has 0 spiro atoms. The van der Waals surface area contributed by atoms with Gasteiger partial charge in [-0.1, -0.05) is 0 Å². The summed E-state index contributed by atoms with van der Waals surface area (Å²) in [5.41, 5.74) is -1.95. The first-order chi connectivity index (χ1) is 7.80. The molecule has 0 bridgehead atoms. The third-order valence-electron chi connectivity index (χ3n) is 2.91. The first kappa shape index (κ1) is 12.4. The molecule has 2 N–H and O–H groups in total. The van der Waals surface area contributed by atoms with Crippen molar-refractivity contribution in [2.24, 2.45) is 7.05 Å². The molecule has 2 heterocycles. The summed E-state index contributed by atoms with van der Waals surface area (Å²) in [5, 5.41) is 16.4. The van der Waals surface area contributed by atoms with E-state index < -0.39 is 17.5 Å². The van der Waals surface area contributed by atoms with E-state index in [2.05, 4.69) is 10.4 Å². The van der Waals surface area contributed by atoms with E-state index in [0.29, 0.717) is 19.5 Å². The second-order valence-corrected chi connectivity index (χ2v) is 4.50. The minimum atomic E-state index is -4.47. The number of aromatic nitrogens is 2. The van der Waals surface area contributed by atoms with Crippen LogP contribution in [0.4, 0.5) is 13.2 Å². The number of hydrogen-bond acceptors (Lipinski definition) is 3. The van der Waals surface area contributed by atoms with Crippen LogP contribution in [0.15, 0.2) is 6.20 Å². The van der Waals surface area contributed by atoms with Gasteiger partial charge in [-0.25, -0.2) is 0 Å². The largest absolute Gasteiger partial charge is 0.435 e. The summed E-state index contributed by atoms with van der Waals surface area (Å²) < 4.78 is 39.2. The van der Waals surface area contributed by atoms with Crippen LogP contribution in [0.25, 0.3) is 0 Å². The van der Waals surface area contributed by atoms with Crippen LogP contribution in [0.5, 0.6) is 0 Å². The van der Waals surface area contributed by atoms with Crippen molar-refractivity contribution < 1.29 is 18.3 Å². The number of alkyl halides is 3. The number of halogens is 3. The summed E-state index contributed by atoms with van der Waals surface area (Å²) in [7, 11) is 1.44. The Labute approximate surface area is 96.4 Å². The summed E-state index contributed by atoms with van der Waals surface area (Å²) >= 11 is 0. The van der Waals surface area contributed by atoms with Crippen LogP contribution in [0.2, 0.25) is 0 Å². The normalized spacial score (nSPS) is 25.5. The molecular formula is C10H14F3N3O. The first-order valence-corrected chi connectivity index (χ1v) is 5.33. The summed E-state index contributed by atoms with van der Waals surface area (Å²) in [5.74, 6) is 0. The minimum absolute atomic E-state index is 0.0251. The van der Waals surface area contributed by atoms with Gasteiger partial charge >= 0.3 is 6.18 Å². The number of nitrogens with zero attached hydrogens (tertiary/aromatic N) is 2. The van der Waals surface area contributed by atoms with Crippen molar-refractivity contribution in [1.29, 1.82) is 0 Å². The number of rotatable bonds is 2. The average molecular weight is 249 g/mol. The molecule has 0 radical (unpaired) electrons. The molecule has 7 heteroatoms. The fraction of sp³-hybridized carbons (Fsp3) is 0.700. The van der Waals surface area contributed by atoms with Gasteiger partial charge in [-0.05, 0) is 13.0 Å². The molecule has 2 rings (SSSR count). The van der Waals surface area contributed by atoms with E-state index in [4.69, 9.17) is 0 Å². The van der Waals surface area contributed by atoms with Crippen molar-refractivity contribution in [1.82, 2.24) is 15.1 Å². The van der Waals surface area contributed by atoms with Crippen molar-refractivity contribution in [3.63, 3.8) is 0 Å². The highest BCUT2D eigenvalue weighted by Gasteiger charge is 2.40. The van der Waals surface area contributed by atoms with Gasteiger partial charge in [0.1, 0.15) is 0 Å². The summed E-state index contributed by atoms with van der Waals surface area (Å²) in [4.78, 5) is 0. The van der Waals surface area contributed by atoms with Gasteiger partial charge in [-0.15, -0.1) is 0 Å². The fourth-order valence-electron chi connectivity index (χ4n) is 2.14. The van der Waals surface area contributed by atoms with E-state index in [9.17, 15) is 18.3 Å². The van der Waals surface area contributed by atoms with Gasteiger partial charge in [0.05, 0.1) is 5.60 Å². The predicted molar refractivity (Wildman–Crippen MR) is 54.4 cm³/mol.